The Morgan fingerprint density at radius 2 is 1.89 bits per heavy atom. The van der Waals surface area contributed by atoms with Crippen molar-refractivity contribution < 1.29 is 21.6 Å². The van der Waals surface area contributed by atoms with Crippen molar-refractivity contribution in [3.8, 4) is 0 Å². The lowest BCUT2D eigenvalue weighted by Crippen LogP contribution is -2.23. The molecule has 5 nitrogen and oxygen atoms in total. The van der Waals surface area contributed by atoms with Crippen molar-refractivity contribution in [3.63, 3.8) is 0 Å². The molecule has 0 fully saturated rings. The number of nitrogens with zero attached hydrogens (tertiary/aromatic N) is 1. The second-order valence-corrected chi connectivity index (χ2v) is 6.28. The maximum Gasteiger partial charge on any atom is 0.433 e. The predicted molar refractivity (Wildman–Crippen MR) is 59.1 cm³/mol. The third-order valence-electron chi connectivity index (χ3n) is 2.54. The van der Waals surface area contributed by atoms with Crippen molar-refractivity contribution in [3.05, 3.63) is 21.6 Å². The zero-order valence-electron chi connectivity index (χ0n) is 9.84. The van der Waals surface area contributed by atoms with Crippen LogP contribution in [0.25, 0.3) is 0 Å². The number of aromatic amines is 1. The van der Waals surface area contributed by atoms with Crippen LogP contribution in [0.15, 0.2) is 4.79 Å². The number of hydrogen-bond donors (Lipinski definition) is 1. The average Bonchev–Trinajstić information content (AvgIpc) is 2.53. The Bertz CT molecular complexity index is 583. The Morgan fingerprint density at radius 3 is 2.28 bits per heavy atom. The van der Waals surface area contributed by atoms with Gasteiger partial charge in [-0.15, -0.1) is 0 Å². The highest BCUT2D eigenvalue weighted by Crippen LogP contribution is 2.28. The molecule has 0 aliphatic rings. The number of H-pyrrole nitrogens is 1. The molecular formula is C9H13F3N2O3S. The number of rotatable bonds is 4. The molecule has 1 aromatic heterocycles. The summed E-state index contributed by atoms with van der Waals surface area (Å²) in [4.78, 5) is 11.5. The van der Waals surface area contributed by atoms with Crippen LogP contribution in [-0.4, -0.2) is 29.7 Å². The lowest BCUT2D eigenvalue weighted by Gasteiger charge is -2.04. The molecule has 0 aliphatic carbocycles. The topological polar surface area (TPSA) is 71.9 Å². The summed E-state index contributed by atoms with van der Waals surface area (Å²) in [6, 6.07) is 0. The molecule has 1 N–H and O–H groups in total. The zero-order valence-corrected chi connectivity index (χ0v) is 10.7. The fraction of sp³-hybridized carbons (Fsp3) is 0.667. The first kappa shape index (κ1) is 14.8. The molecule has 0 spiro atoms. The summed E-state index contributed by atoms with van der Waals surface area (Å²) in [5.74, 6) is -0.492. The minimum absolute atomic E-state index is 0.117. The van der Waals surface area contributed by atoms with E-state index < -0.39 is 32.8 Å². The molecule has 104 valence electrons. The largest absolute Gasteiger partial charge is 0.433 e. The fourth-order valence-electron chi connectivity index (χ4n) is 1.39. The van der Waals surface area contributed by atoms with Crippen molar-refractivity contribution in [2.45, 2.75) is 26.6 Å². The van der Waals surface area contributed by atoms with Gasteiger partial charge in [0.2, 0.25) is 0 Å². The van der Waals surface area contributed by atoms with Crippen LogP contribution in [0.5, 0.6) is 0 Å². The number of sulfone groups is 1. The number of alkyl halides is 3. The van der Waals surface area contributed by atoms with Crippen molar-refractivity contribution in [1.82, 2.24) is 9.78 Å². The van der Waals surface area contributed by atoms with E-state index in [1.807, 2.05) is 5.10 Å². The third-order valence-corrected chi connectivity index (χ3v) is 4.22. The van der Waals surface area contributed by atoms with Crippen LogP contribution in [0.4, 0.5) is 13.2 Å². The first-order valence-corrected chi connectivity index (χ1v) is 6.97. The maximum absolute atomic E-state index is 12.5. The molecule has 1 heterocycles. The summed E-state index contributed by atoms with van der Waals surface area (Å²) in [6.45, 7) is 2.16. The Morgan fingerprint density at radius 1 is 1.33 bits per heavy atom. The van der Waals surface area contributed by atoms with Crippen molar-refractivity contribution in [1.29, 1.82) is 0 Å². The quantitative estimate of drug-likeness (QED) is 0.895. The molecule has 0 saturated heterocycles. The predicted octanol–water partition coefficient (Wildman–Crippen LogP) is 0.938. The average molecular weight is 286 g/mol. The van der Waals surface area contributed by atoms with Gasteiger partial charge in [0.1, 0.15) is 5.69 Å². The van der Waals surface area contributed by atoms with Gasteiger partial charge in [-0.1, -0.05) is 6.92 Å². The minimum Gasteiger partial charge on any atom is -0.291 e. The maximum atomic E-state index is 12.5. The Kier molecular flexibility index (Phi) is 3.94. The van der Waals surface area contributed by atoms with Crippen molar-refractivity contribution >= 4 is 9.84 Å². The van der Waals surface area contributed by atoms with Crippen LogP contribution < -0.4 is 5.56 Å². The molecule has 0 unspecified atom stereocenters. The summed E-state index contributed by atoms with van der Waals surface area (Å²) in [6.07, 6.45) is -4.65. The van der Waals surface area contributed by atoms with Crippen LogP contribution in [0.1, 0.15) is 18.2 Å². The van der Waals surface area contributed by atoms with Crippen LogP contribution in [0.3, 0.4) is 0 Å². The second kappa shape index (κ2) is 4.79. The van der Waals surface area contributed by atoms with Gasteiger partial charge >= 0.3 is 6.18 Å². The van der Waals surface area contributed by atoms with Crippen LogP contribution in [0, 0.1) is 6.92 Å². The summed E-state index contributed by atoms with van der Waals surface area (Å²) < 4.78 is 60.6. The van der Waals surface area contributed by atoms with Gasteiger partial charge in [-0.2, -0.15) is 13.2 Å². The molecule has 0 aliphatic heterocycles. The first-order chi connectivity index (χ1) is 8.08. The van der Waals surface area contributed by atoms with Crippen LogP contribution >= 0.6 is 0 Å². The molecule has 1 rings (SSSR count). The summed E-state index contributed by atoms with van der Waals surface area (Å²) in [7, 11) is -3.33. The van der Waals surface area contributed by atoms with Crippen LogP contribution in [-0.2, 0) is 22.6 Å². The van der Waals surface area contributed by atoms with Crippen molar-refractivity contribution in [2.75, 3.05) is 11.5 Å². The number of aryl methyl sites for hydroxylation is 1. The van der Waals surface area contributed by atoms with E-state index in [-0.39, 0.29) is 18.1 Å². The van der Waals surface area contributed by atoms with E-state index in [2.05, 4.69) is 0 Å². The molecule has 0 amide bonds. The van der Waals surface area contributed by atoms with E-state index in [1.165, 1.54) is 6.92 Å². The normalized spacial score (nSPS) is 12.9. The van der Waals surface area contributed by atoms with Gasteiger partial charge in [-0.05, 0) is 6.92 Å². The molecule has 0 aromatic carbocycles. The zero-order chi connectivity index (χ0) is 14.1. The first-order valence-electron chi connectivity index (χ1n) is 5.15. The molecule has 0 bridgehead atoms. The molecule has 9 heteroatoms. The van der Waals surface area contributed by atoms with Gasteiger partial charge in [-0.25, -0.2) is 8.42 Å². The molecule has 1 aromatic rings. The summed E-state index contributed by atoms with van der Waals surface area (Å²) >= 11 is 0. The fourth-order valence-corrected chi connectivity index (χ4v) is 2.14. The van der Waals surface area contributed by atoms with E-state index in [0.717, 1.165) is 6.92 Å². The van der Waals surface area contributed by atoms with Gasteiger partial charge in [0.05, 0.1) is 12.3 Å². The SMILES string of the molecule is CCS(=O)(=O)CCn1[nH]c(C(F)(F)F)c(C)c1=O. The number of aromatic nitrogens is 2. The lowest BCUT2D eigenvalue weighted by atomic mass is 10.3. The molecule has 0 saturated carbocycles. The van der Waals surface area contributed by atoms with E-state index in [1.54, 1.807) is 0 Å². The van der Waals surface area contributed by atoms with E-state index in [4.69, 9.17) is 0 Å². The highest BCUT2D eigenvalue weighted by molar-refractivity contribution is 7.91. The lowest BCUT2D eigenvalue weighted by molar-refractivity contribution is -0.141. The Labute approximate surface area is 102 Å². The highest BCUT2D eigenvalue weighted by atomic mass is 32.2. The van der Waals surface area contributed by atoms with Gasteiger partial charge in [0, 0.05) is 11.3 Å². The Balaban J connectivity index is 3.04. The molecular weight excluding hydrogens is 273 g/mol. The number of nitrogens with one attached hydrogen (secondary N) is 1. The van der Waals surface area contributed by atoms with Crippen LogP contribution in [0.2, 0.25) is 0 Å². The summed E-state index contributed by atoms with van der Waals surface area (Å²) in [5.41, 5.74) is -2.45. The monoisotopic (exact) mass is 286 g/mol. The number of hydrogen-bond acceptors (Lipinski definition) is 3. The van der Waals surface area contributed by atoms with Gasteiger partial charge < -0.3 is 0 Å². The minimum atomic E-state index is -4.65. The smallest absolute Gasteiger partial charge is 0.291 e. The van der Waals surface area contributed by atoms with Gasteiger partial charge in [-0.3, -0.25) is 14.6 Å². The third kappa shape index (κ3) is 3.15. The van der Waals surface area contributed by atoms with Gasteiger partial charge in [0.15, 0.2) is 9.84 Å². The Hall–Kier alpha value is -1.25. The number of halogens is 3. The second-order valence-electron chi connectivity index (χ2n) is 3.80. The van der Waals surface area contributed by atoms with E-state index in [0.29, 0.717) is 4.68 Å². The molecule has 18 heavy (non-hydrogen) atoms. The molecule has 0 atom stereocenters. The highest BCUT2D eigenvalue weighted by Gasteiger charge is 2.36. The van der Waals surface area contributed by atoms with Crippen molar-refractivity contribution in [2.24, 2.45) is 0 Å². The van der Waals surface area contributed by atoms with Gasteiger partial charge in [0.25, 0.3) is 5.56 Å². The molecule has 0 radical (unpaired) electrons. The standard InChI is InChI=1S/C9H13F3N2O3S/c1-3-18(16,17)5-4-14-8(15)6(2)7(13-14)9(10,11)12/h13H,3-5H2,1-2H3. The van der Waals surface area contributed by atoms with E-state index >= 15 is 0 Å². The van der Waals surface area contributed by atoms with E-state index in [9.17, 15) is 26.4 Å². The summed E-state index contributed by atoms with van der Waals surface area (Å²) in [5, 5.41) is 1.90.